The molecule has 1 amide bonds. The van der Waals surface area contributed by atoms with Crippen LogP contribution in [0.15, 0.2) is 12.3 Å². The van der Waals surface area contributed by atoms with E-state index in [0.717, 1.165) is 0 Å². The Bertz CT molecular complexity index is 511. The van der Waals surface area contributed by atoms with Gasteiger partial charge in [-0.3, -0.25) is 14.9 Å². The van der Waals surface area contributed by atoms with Gasteiger partial charge in [0, 0.05) is 19.2 Å². The summed E-state index contributed by atoms with van der Waals surface area (Å²) in [6, 6.07) is 1.43. The highest BCUT2D eigenvalue weighted by Gasteiger charge is 2.34. The molecule has 1 aromatic rings. The summed E-state index contributed by atoms with van der Waals surface area (Å²) < 4.78 is 0. The van der Waals surface area contributed by atoms with Crippen molar-refractivity contribution >= 4 is 41.5 Å². The number of aromatic nitrogens is 1. The van der Waals surface area contributed by atoms with E-state index < -0.39 is 4.92 Å². The maximum atomic E-state index is 11.8. The first kappa shape index (κ1) is 13.1. The zero-order valence-electron chi connectivity index (χ0n) is 9.24. The molecule has 0 radical (unpaired) electrons. The lowest BCUT2D eigenvalue weighted by molar-refractivity contribution is -0.384. The topological polar surface area (TPSA) is 76.3 Å². The molecule has 0 aliphatic carbocycles. The molecule has 0 spiro atoms. The van der Waals surface area contributed by atoms with Gasteiger partial charge in [-0.05, 0) is 17.7 Å². The number of hydrogen-bond donors (Lipinski definition) is 1. The van der Waals surface area contributed by atoms with Gasteiger partial charge in [0.15, 0.2) is 0 Å². The Hall–Kier alpha value is -1.34. The van der Waals surface area contributed by atoms with Crippen LogP contribution in [0.25, 0.3) is 0 Å². The highest BCUT2D eigenvalue weighted by molar-refractivity contribution is 7.80. The molecule has 0 aromatic carbocycles. The van der Waals surface area contributed by atoms with Gasteiger partial charge in [-0.1, -0.05) is 11.6 Å². The second kappa shape index (κ2) is 5.11. The molecule has 1 aliphatic heterocycles. The molecule has 0 saturated carbocycles. The van der Waals surface area contributed by atoms with E-state index in [4.69, 9.17) is 11.6 Å². The first-order valence-corrected chi connectivity index (χ1v) is 6.25. The average molecular weight is 288 g/mol. The number of anilines is 1. The monoisotopic (exact) mass is 287 g/mol. The molecule has 18 heavy (non-hydrogen) atoms. The van der Waals surface area contributed by atoms with Crippen LogP contribution in [0.2, 0.25) is 5.15 Å². The molecule has 0 N–H and O–H groups in total. The average Bonchev–Trinajstić information content (AvgIpc) is 2.69. The molecule has 8 heteroatoms. The van der Waals surface area contributed by atoms with E-state index in [1.165, 1.54) is 17.2 Å². The van der Waals surface area contributed by atoms with E-state index in [0.29, 0.717) is 18.7 Å². The molecule has 1 saturated heterocycles. The SMILES string of the molecule is O=C1CC(CS)CN1c1ccnc(Cl)c1[N+](=O)[O-]. The van der Waals surface area contributed by atoms with Crippen LogP contribution < -0.4 is 4.90 Å². The summed E-state index contributed by atoms with van der Waals surface area (Å²) in [7, 11) is 0. The Labute approximate surface area is 114 Å². The smallest absolute Gasteiger partial charge is 0.306 e. The van der Waals surface area contributed by atoms with Crippen molar-refractivity contribution in [1.82, 2.24) is 4.98 Å². The molecular weight excluding hydrogens is 278 g/mol. The number of carbonyl (C=O) groups is 1. The molecule has 2 heterocycles. The number of amides is 1. The zero-order valence-corrected chi connectivity index (χ0v) is 10.9. The fraction of sp³-hybridized carbons (Fsp3) is 0.400. The number of carbonyl (C=O) groups excluding carboxylic acids is 1. The van der Waals surface area contributed by atoms with Gasteiger partial charge in [-0.2, -0.15) is 12.6 Å². The van der Waals surface area contributed by atoms with Crippen LogP contribution in [0.4, 0.5) is 11.4 Å². The predicted octanol–water partition coefficient (Wildman–Crippen LogP) is 1.93. The maximum absolute atomic E-state index is 11.8. The minimum Gasteiger partial charge on any atom is -0.306 e. The zero-order chi connectivity index (χ0) is 13.3. The van der Waals surface area contributed by atoms with Crippen LogP contribution in [0.3, 0.4) is 0 Å². The van der Waals surface area contributed by atoms with E-state index in [2.05, 4.69) is 17.6 Å². The minimum absolute atomic E-state index is 0.104. The Morgan fingerprint density at radius 1 is 1.67 bits per heavy atom. The van der Waals surface area contributed by atoms with Crippen molar-refractivity contribution in [3.63, 3.8) is 0 Å². The van der Waals surface area contributed by atoms with E-state index in [-0.39, 0.29) is 28.4 Å². The van der Waals surface area contributed by atoms with Crippen LogP contribution in [0, 0.1) is 16.0 Å². The van der Waals surface area contributed by atoms with Gasteiger partial charge < -0.3 is 4.90 Å². The van der Waals surface area contributed by atoms with Crippen molar-refractivity contribution in [3.8, 4) is 0 Å². The Morgan fingerprint density at radius 3 is 2.94 bits per heavy atom. The first-order chi connectivity index (χ1) is 8.54. The number of nitro groups is 1. The number of nitrogens with zero attached hydrogens (tertiary/aromatic N) is 3. The Morgan fingerprint density at radius 2 is 2.39 bits per heavy atom. The molecule has 6 nitrogen and oxygen atoms in total. The van der Waals surface area contributed by atoms with Crippen molar-refractivity contribution in [3.05, 3.63) is 27.5 Å². The summed E-state index contributed by atoms with van der Waals surface area (Å²) in [4.78, 5) is 27.3. The van der Waals surface area contributed by atoms with Crippen molar-refractivity contribution in [1.29, 1.82) is 0 Å². The van der Waals surface area contributed by atoms with Crippen LogP contribution in [-0.4, -0.2) is 28.1 Å². The summed E-state index contributed by atoms with van der Waals surface area (Å²) in [6.45, 7) is 0.420. The Kier molecular flexibility index (Phi) is 3.72. The molecular formula is C10H10ClN3O3S. The molecule has 2 rings (SSSR count). The summed E-state index contributed by atoms with van der Waals surface area (Å²) >= 11 is 9.86. The maximum Gasteiger partial charge on any atom is 0.329 e. The second-order valence-electron chi connectivity index (χ2n) is 3.98. The van der Waals surface area contributed by atoms with Crippen molar-refractivity contribution in [2.45, 2.75) is 6.42 Å². The van der Waals surface area contributed by atoms with Crippen molar-refractivity contribution in [2.24, 2.45) is 5.92 Å². The van der Waals surface area contributed by atoms with E-state index in [1.807, 2.05) is 0 Å². The van der Waals surface area contributed by atoms with Gasteiger partial charge in [-0.15, -0.1) is 0 Å². The summed E-state index contributed by atoms with van der Waals surface area (Å²) in [6.07, 6.45) is 1.70. The lowest BCUT2D eigenvalue weighted by Crippen LogP contribution is -2.25. The van der Waals surface area contributed by atoms with Gasteiger partial charge >= 0.3 is 5.69 Å². The molecule has 1 aromatic heterocycles. The Balaban J connectivity index is 2.43. The third-order valence-electron chi connectivity index (χ3n) is 2.80. The van der Waals surface area contributed by atoms with Crippen LogP contribution in [0.5, 0.6) is 0 Å². The van der Waals surface area contributed by atoms with Gasteiger partial charge in [0.2, 0.25) is 11.1 Å². The van der Waals surface area contributed by atoms with Crippen LogP contribution >= 0.6 is 24.2 Å². The lowest BCUT2D eigenvalue weighted by Gasteiger charge is -2.16. The van der Waals surface area contributed by atoms with E-state index >= 15 is 0 Å². The largest absolute Gasteiger partial charge is 0.329 e. The van der Waals surface area contributed by atoms with Crippen LogP contribution in [0.1, 0.15) is 6.42 Å². The fourth-order valence-electron chi connectivity index (χ4n) is 1.94. The molecule has 96 valence electrons. The second-order valence-corrected chi connectivity index (χ2v) is 4.71. The van der Waals surface area contributed by atoms with Gasteiger partial charge in [-0.25, -0.2) is 4.98 Å². The molecule has 1 atom stereocenters. The number of rotatable bonds is 3. The number of pyridine rings is 1. The summed E-state index contributed by atoms with van der Waals surface area (Å²) in [5.74, 6) is 0.515. The standard InChI is InChI=1S/C10H10ClN3O3S/c11-10-9(14(16)17)7(1-2-12-10)13-4-6(5-18)3-8(13)15/h1-2,6,18H,3-5H2. The number of hydrogen-bond acceptors (Lipinski definition) is 5. The van der Waals surface area contributed by atoms with Crippen molar-refractivity contribution < 1.29 is 9.72 Å². The quantitative estimate of drug-likeness (QED) is 0.399. The predicted molar refractivity (Wildman–Crippen MR) is 70.2 cm³/mol. The highest BCUT2D eigenvalue weighted by atomic mass is 35.5. The van der Waals surface area contributed by atoms with Gasteiger partial charge in [0.05, 0.1) is 4.92 Å². The van der Waals surface area contributed by atoms with E-state index in [1.54, 1.807) is 0 Å². The van der Waals surface area contributed by atoms with Crippen LogP contribution in [-0.2, 0) is 4.79 Å². The van der Waals surface area contributed by atoms with Gasteiger partial charge in [0.1, 0.15) is 5.69 Å². The van der Waals surface area contributed by atoms with Crippen molar-refractivity contribution in [2.75, 3.05) is 17.2 Å². The fourth-order valence-corrected chi connectivity index (χ4v) is 2.41. The lowest BCUT2D eigenvalue weighted by atomic mass is 10.1. The molecule has 0 bridgehead atoms. The molecule has 1 unspecified atom stereocenters. The normalized spacial score (nSPS) is 19.3. The third kappa shape index (κ3) is 2.28. The number of halogens is 1. The van der Waals surface area contributed by atoms with Gasteiger partial charge in [0.25, 0.3) is 0 Å². The minimum atomic E-state index is -0.619. The highest BCUT2D eigenvalue weighted by Crippen LogP contribution is 2.36. The van der Waals surface area contributed by atoms with E-state index in [9.17, 15) is 14.9 Å². The summed E-state index contributed by atoms with van der Waals surface area (Å²) in [5, 5.41) is 10.8. The number of thiol groups is 1. The molecule has 1 aliphatic rings. The summed E-state index contributed by atoms with van der Waals surface area (Å²) in [5.41, 5.74) is -0.124. The first-order valence-electron chi connectivity index (χ1n) is 5.24. The molecule has 1 fully saturated rings. The third-order valence-corrected chi connectivity index (χ3v) is 3.59.